The monoisotopic (exact) mass is 242 g/mol. The number of alkyl halides is 1. The molecule has 2 heteroatoms. The molecule has 0 radical (unpaired) electrons. The van der Waals surface area contributed by atoms with Crippen molar-refractivity contribution in [2.24, 2.45) is 0 Å². The molecule has 0 saturated heterocycles. The van der Waals surface area contributed by atoms with E-state index in [9.17, 15) is 0 Å². The van der Waals surface area contributed by atoms with Crippen LogP contribution in [0.5, 0.6) is 0 Å². The number of benzene rings is 1. The SMILES string of the molecule is CSc1ccc(/C=C/CBr)cc1. The van der Waals surface area contributed by atoms with E-state index in [-0.39, 0.29) is 0 Å². The summed E-state index contributed by atoms with van der Waals surface area (Å²) in [6, 6.07) is 8.53. The summed E-state index contributed by atoms with van der Waals surface area (Å²) in [5.41, 5.74) is 1.26. The highest BCUT2D eigenvalue weighted by Gasteiger charge is 1.88. The number of allylic oxidation sites excluding steroid dienone is 1. The quantitative estimate of drug-likeness (QED) is 0.574. The molecule has 0 unspecified atom stereocenters. The van der Waals surface area contributed by atoms with Crippen LogP contribution in [0.25, 0.3) is 6.08 Å². The maximum Gasteiger partial charge on any atom is 0.0215 e. The van der Waals surface area contributed by atoms with E-state index in [1.54, 1.807) is 11.8 Å². The van der Waals surface area contributed by atoms with Gasteiger partial charge in [0.15, 0.2) is 0 Å². The zero-order valence-electron chi connectivity index (χ0n) is 6.96. The van der Waals surface area contributed by atoms with E-state index in [4.69, 9.17) is 0 Å². The van der Waals surface area contributed by atoms with Crippen LogP contribution in [0, 0.1) is 0 Å². The molecule has 0 aliphatic heterocycles. The van der Waals surface area contributed by atoms with Gasteiger partial charge in [-0.05, 0) is 24.0 Å². The Morgan fingerprint density at radius 3 is 2.50 bits per heavy atom. The fraction of sp³-hybridized carbons (Fsp3) is 0.200. The maximum absolute atomic E-state index is 3.34. The number of rotatable bonds is 3. The first-order valence-electron chi connectivity index (χ1n) is 3.73. The first kappa shape index (κ1) is 9.87. The highest BCUT2D eigenvalue weighted by atomic mass is 79.9. The predicted octanol–water partition coefficient (Wildman–Crippen LogP) is 3.82. The second-order valence-electron chi connectivity index (χ2n) is 2.33. The van der Waals surface area contributed by atoms with E-state index in [0.29, 0.717) is 0 Å². The van der Waals surface area contributed by atoms with Gasteiger partial charge in [0.2, 0.25) is 0 Å². The van der Waals surface area contributed by atoms with Gasteiger partial charge in [-0.25, -0.2) is 0 Å². The molecule has 1 aromatic carbocycles. The Morgan fingerprint density at radius 1 is 1.33 bits per heavy atom. The highest BCUT2D eigenvalue weighted by molar-refractivity contribution is 9.09. The highest BCUT2D eigenvalue weighted by Crippen LogP contribution is 2.15. The molecule has 1 rings (SSSR count). The third kappa shape index (κ3) is 3.03. The summed E-state index contributed by atoms with van der Waals surface area (Å²) in [4.78, 5) is 1.31. The van der Waals surface area contributed by atoms with E-state index in [1.165, 1.54) is 10.5 Å². The van der Waals surface area contributed by atoms with Gasteiger partial charge in [-0.15, -0.1) is 11.8 Å². The van der Waals surface area contributed by atoms with Crippen LogP contribution >= 0.6 is 27.7 Å². The zero-order chi connectivity index (χ0) is 8.81. The van der Waals surface area contributed by atoms with Crippen molar-refractivity contribution < 1.29 is 0 Å². The third-order valence-electron chi connectivity index (χ3n) is 1.52. The predicted molar refractivity (Wildman–Crippen MR) is 61.1 cm³/mol. The summed E-state index contributed by atoms with van der Waals surface area (Å²) in [6.45, 7) is 0. The van der Waals surface area contributed by atoms with Crippen LogP contribution < -0.4 is 0 Å². The Balaban J connectivity index is 2.71. The Hall–Kier alpha value is -0.210. The van der Waals surface area contributed by atoms with Crippen molar-refractivity contribution in [3.63, 3.8) is 0 Å². The maximum atomic E-state index is 3.34. The lowest BCUT2D eigenvalue weighted by molar-refractivity contribution is 1.45. The minimum absolute atomic E-state index is 0.914. The van der Waals surface area contributed by atoms with Gasteiger partial charge in [0.25, 0.3) is 0 Å². The summed E-state index contributed by atoms with van der Waals surface area (Å²) in [5, 5.41) is 0.914. The fourth-order valence-corrected chi connectivity index (χ4v) is 1.49. The van der Waals surface area contributed by atoms with Crippen LogP contribution in [0.4, 0.5) is 0 Å². The van der Waals surface area contributed by atoms with Crippen molar-refractivity contribution >= 4 is 33.8 Å². The summed E-state index contributed by atoms with van der Waals surface area (Å²) >= 11 is 5.11. The van der Waals surface area contributed by atoms with Gasteiger partial charge < -0.3 is 0 Å². The van der Waals surface area contributed by atoms with E-state index >= 15 is 0 Å². The number of halogens is 1. The molecule has 0 N–H and O–H groups in total. The number of hydrogen-bond acceptors (Lipinski definition) is 1. The molecule has 1 aromatic rings. The van der Waals surface area contributed by atoms with Crippen LogP contribution in [-0.4, -0.2) is 11.6 Å². The summed E-state index contributed by atoms with van der Waals surface area (Å²) < 4.78 is 0. The largest absolute Gasteiger partial charge is 0.130 e. The molecule has 0 amide bonds. The lowest BCUT2D eigenvalue weighted by Crippen LogP contribution is -1.72. The molecule has 0 spiro atoms. The standard InChI is InChI=1S/C10H11BrS/c1-12-10-6-4-9(5-7-10)3-2-8-11/h2-7H,8H2,1H3/b3-2+. The summed E-state index contributed by atoms with van der Waals surface area (Å²) in [5.74, 6) is 0. The van der Waals surface area contributed by atoms with Crippen molar-refractivity contribution in [3.05, 3.63) is 35.9 Å². The van der Waals surface area contributed by atoms with Gasteiger partial charge in [0, 0.05) is 10.2 Å². The Morgan fingerprint density at radius 2 is 2.00 bits per heavy atom. The second kappa shape index (κ2) is 5.44. The molecule has 0 heterocycles. The number of thioether (sulfide) groups is 1. The Kier molecular flexibility index (Phi) is 4.48. The van der Waals surface area contributed by atoms with Crippen LogP contribution in [0.1, 0.15) is 5.56 Å². The molecule has 0 aromatic heterocycles. The van der Waals surface area contributed by atoms with Gasteiger partial charge in [0.05, 0.1) is 0 Å². The molecule has 0 aliphatic rings. The lowest BCUT2D eigenvalue weighted by Gasteiger charge is -1.95. The molecule has 0 bridgehead atoms. The van der Waals surface area contributed by atoms with Crippen molar-refractivity contribution in [2.45, 2.75) is 4.90 Å². The first-order chi connectivity index (χ1) is 5.86. The number of hydrogen-bond donors (Lipinski definition) is 0. The molecule has 12 heavy (non-hydrogen) atoms. The van der Waals surface area contributed by atoms with Gasteiger partial charge in [-0.3, -0.25) is 0 Å². The van der Waals surface area contributed by atoms with E-state index in [0.717, 1.165) is 5.33 Å². The van der Waals surface area contributed by atoms with Crippen molar-refractivity contribution in [3.8, 4) is 0 Å². The molecular weight excluding hydrogens is 232 g/mol. The van der Waals surface area contributed by atoms with Crippen molar-refractivity contribution in [1.82, 2.24) is 0 Å². The molecule has 0 fully saturated rings. The fourth-order valence-electron chi connectivity index (χ4n) is 0.896. The average molecular weight is 243 g/mol. The first-order valence-corrected chi connectivity index (χ1v) is 6.08. The molecule has 0 atom stereocenters. The molecule has 0 saturated carbocycles. The average Bonchev–Trinajstić information content (AvgIpc) is 2.15. The van der Waals surface area contributed by atoms with E-state index in [2.05, 4.69) is 58.6 Å². The molecular formula is C10H11BrS. The second-order valence-corrected chi connectivity index (χ2v) is 3.86. The van der Waals surface area contributed by atoms with E-state index < -0.39 is 0 Å². The van der Waals surface area contributed by atoms with Crippen LogP contribution in [-0.2, 0) is 0 Å². The van der Waals surface area contributed by atoms with Crippen LogP contribution in [0.2, 0.25) is 0 Å². The van der Waals surface area contributed by atoms with Crippen molar-refractivity contribution in [2.75, 3.05) is 11.6 Å². The van der Waals surface area contributed by atoms with Crippen LogP contribution in [0.3, 0.4) is 0 Å². The summed E-state index contributed by atoms with van der Waals surface area (Å²) in [6.07, 6.45) is 6.29. The normalized spacial score (nSPS) is 10.8. The third-order valence-corrected chi connectivity index (χ3v) is 2.63. The molecule has 0 aliphatic carbocycles. The smallest absolute Gasteiger partial charge is 0.0215 e. The van der Waals surface area contributed by atoms with Gasteiger partial charge in [0.1, 0.15) is 0 Å². The van der Waals surface area contributed by atoms with Crippen molar-refractivity contribution in [1.29, 1.82) is 0 Å². The minimum atomic E-state index is 0.914. The Bertz CT molecular complexity index is 251. The zero-order valence-corrected chi connectivity index (χ0v) is 9.36. The minimum Gasteiger partial charge on any atom is -0.130 e. The van der Waals surface area contributed by atoms with Crippen LogP contribution in [0.15, 0.2) is 35.2 Å². The van der Waals surface area contributed by atoms with Gasteiger partial charge in [-0.1, -0.05) is 40.2 Å². The topological polar surface area (TPSA) is 0 Å². The van der Waals surface area contributed by atoms with Gasteiger partial charge in [-0.2, -0.15) is 0 Å². The Labute approximate surface area is 86.2 Å². The van der Waals surface area contributed by atoms with Gasteiger partial charge >= 0.3 is 0 Å². The van der Waals surface area contributed by atoms with E-state index in [1.807, 2.05) is 0 Å². The molecule has 64 valence electrons. The summed E-state index contributed by atoms with van der Waals surface area (Å²) in [7, 11) is 0. The lowest BCUT2D eigenvalue weighted by atomic mass is 10.2. The molecule has 0 nitrogen and oxygen atoms in total.